The van der Waals surface area contributed by atoms with Crippen molar-refractivity contribution in [2.24, 2.45) is 5.92 Å². The third-order valence-corrected chi connectivity index (χ3v) is 2.24. The van der Waals surface area contributed by atoms with E-state index in [4.69, 9.17) is 9.84 Å². The van der Waals surface area contributed by atoms with Gasteiger partial charge in [-0.25, -0.2) is 4.79 Å². The van der Waals surface area contributed by atoms with Crippen LogP contribution in [0.2, 0.25) is 0 Å². The second-order valence-corrected chi connectivity index (χ2v) is 4.31. The SMILES string of the molecule is CC(C)COCc1ccc([N+](=O)[O-])cc1C(=O)O. The maximum atomic E-state index is 11.0. The quantitative estimate of drug-likeness (QED) is 0.621. The van der Waals surface area contributed by atoms with Crippen molar-refractivity contribution < 1.29 is 19.6 Å². The van der Waals surface area contributed by atoms with E-state index in [1.54, 1.807) is 0 Å². The molecule has 0 heterocycles. The van der Waals surface area contributed by atoms with Gasteiger partial charge in [0.2, 0.25) is 0 Å². The van der Waals surface area contributed by atoms with Crippen LogP contribution in [-0.2, 0) is 11.3 Å². The second kappa shape index (κ2) is 6.11. The predicted molar refractivity (Wildman–Crippen MR) is 64.5 cm³/mol. The molecule has 0 amide bonds. The number of rotatable bonds is 6. The highest BCUT2D eigenvalue weighted by Crippen LogP contribution is 2.19. The topological polar surface area (TPSA) is 89.7 Å². The van der Waals surface area contributed by atoms with Gasteiger partial charge in [-0.15, -0.1) is 0 Å². The zero-order valence-corrected chi connectivity index (χ0v) is 10.3. The standard InChI is InChI=1S/C12H15NO5/c1-8(2)6-18-7-9-3-4-10(13(16)17)5-11(9)12(14)15/h3-5,8H,6-7H2,1-2H3,(H,14,15). The monoisotopic (exact) mass is 253 g/mol. The van der Waals surface area contributed by atoms with Gasteiger partial charge in [-0.05, 0) is 17.5 Å². The Balaban J connectivity index is 2.90. The molecule has 0 aromatic heterocycles. The molecule has 0 unspecified atom stereocenters. The number of non-ortho nitro benzene ring substituents is 1. The molecule has 18 heavy (non-hydrogen) atoms. The summed E-state index contributed by atoms with van der Waals surface area (Å²) in [7, 11) is 0. The molecule has 1 aromatic rings. The Kier molecular flexibility index (Phi) is 4.79. The largest absolute Gasteiger partial charge is 0.478 e. The lowest BCUT2D eigenvalue weighted by Crippen LogP contribution is -2.07. The van der Waals surface area contributed by atoms with Crippen LogP contribution in [0.4, 0.5) is 5.69 Å². The highest BCUT2D eigenvalue weighted by atomic mass is 16.6. The van der Waals surface area contributed by atoms with Gasteiger partial charge >= 0.3 is 5.97 Å². The summed E-state index contributed by atoms with van der Waals surface area (Å²) in [6.07, 6.45) is 0. The maximum absolute atomic E-state index is 11.0. The fourth-order valence-electron chi connectivity index (χ4n) is 1.41. The lowest BCUT2D eigenvalue weighted by Gasteiger charge is -2.09. The van der Waals surface area contributed by atoms with Crippen molar-refractivity contribution in [3.63, 3.8) is 0 Å². The molecule has 0 saturated heterocycles. The number of aromatic carboxylic acids is 1. The summed E-state index contributed by atoms with van der Waals surface area (Å²) in [5.41, 5.74) is 0.113. The summed E-state index contributed by atoms with van der Waals surface area (Å²) >= 11 is 0. The lowest BCUT2D eigenvalue weighted by molar-refractivity contribution is -0.384. The number of carboxylic acids is 1. The van der Waals surface area contributed by atoms with Gasteiger partial charge in [-0.1, -0.05) is 13.8 Å². The van der Waals surface area contributed by atoms with Gasteiger partial charge in [-0.3, -0.25) is 10.1 Å². The summed E-state index contributed by atoms with van der Waals surface area (Å²) in [5, 5.41) is 19.6. The molecule has 98 valence electrons. The van der Waals surface area contributed by atoms with Crippen LogP contribution in [0, 0.1) is 16.0 Å². The fraction of sp³-hybridized carbons (Fsp3) is 0.417. The summed E-state index contributed by atoms with van der Waals surface area (Å²) < 4.78 is 5.34. The van der Waals surface area contributed by atoms with Crippen molar-refractivity contribution in [1.29, 1.82) is 0 Å². The van der Waals surface area contributed by atoms with E-state index in [0.29, 0.717) is 18.1 Å². The molecule has 0 spiro atoms. The molecule has 1 rings (SSSR count). The van der Waals surface area contributed by atoms with Crippen molar-refractivity contribution in [3.05, 3.63) is 39.4 Å². The molecular weight excluding hydrogens is 238 g/mol. The van der Waals surface area contributed by atoms with Crippen molar-refractivity contribution >= 4 is 11.7 Å². The number of hydrogen-bond donors (Lipinski definition) is 1. The van der Waals surface area contributed by atoms with Gasteiger partial charge in [0, 0.05) is 18.7 Å². The van der Waals surface area contributed by atoms with Crippen LogP contribution in [0.15, 0.2) is 18.2 Å². The van der Waals surface area contributed by atoms with Crippen molar-refractivity contribution in [1.82, 2.24) is 0 Å². The number of hydrogen-bond acceptors (Lipinski definition) is 4. The zero-order valence-electron chi connectivity index (χ0n) is 10.3. The van der Waals surface area contributed by atoms with Crippen molar-refractivity contribution in [3.8, 4) is 0 Å². The molecule has 6 heteroatoms. The average molecular weight is 253 g/mol. The van der Waals surface area contributed by atoms with E-state index >= 15 is 0 Å². The van der Waals surface area contributed by atoms with Crippen LogP contribution in [-0.4, -0.2) is 22.6 Å². The number of carboxylic acid groups (broad SMARTS) is 1. The van der Waals surface area contributed by atoms with E-state index in [1.165, 1.54) is 12.1 Å². The molecule has 0 bridgehead atoms. The maximum Gasteiger partial charge on any atom is 0.336 e. The van der Waals surface area contributed by atoms with Crippen molar-refractivity contribution in [2.45, 2.75) is 20.5 Å². The van der Waals surface area contributed by atoms with Crippen LogP contribution in [0.3, 0.4) is 0 Å². The Morgan fingerprint density at radius 1 is 1.50 bits per heavy atom. The second-order valence-electron chi connectivity index (χ2n) is 4.31. The zero-order chi connectivity index (χ0) is 13.7. The van der Waals surface area contributed by atoms with Gasteiger partial charge in [0.15, 0.2) is 0 Å². The van der Waals surface area contributed by atoms with Crippen LogP contribution < -0.4 is 0 Å². The Bertz CT molecular complexity index is 456. The summed E-state index contributed by atoms with van der Waals surface area (Å²) in [4.78, 5) is 21.0. The van der Waals surface area contributed by atoms with Crippen LogP contribution in [0.25, 0.3) is 0 Å². The Hall–Kier alpha value is -1.95. The minimum Gasteiger partial charge on any atom is -0.478 e. The van der Waals surface area contributed by atoms with Crippen molar-refractivity contribution in [2.75, 3.05) is 6.61 Å². The van der Waals surface area contributed by atoms with E-state index in [0.717, 1.165) is 6.07 Å². The molecule has 0 radical (unpaired) electrons. The normalized spacial score (nSPS) is 10.6. The molecule has 0 aliphatic rings. The van der Waals surface area contributed by atoms with Crippen LogP contribution in [0.1, 0.15) is 29.8 Å². The number of nitro groups is 1. The summed E-state index contributed by atoms with van der Waals surface area (Å²) in [6, 6.07) is 3.75. The first-order valence-corrected chi connectivity index (χ1v) is 5.50. The first kappa shape index (κ1) is 14.1. The first-order valence-electron chi connectivity index (χ1n) is 5.50. The van der Waals surface area contributed by atoms with E-state index in [9.17, 15) is 14.9 Å². The minimum atomic E-state index is -1.19. The number of carbonyl (C=O) groups is 1. The molecule has 1 aromatic carbocycles. The molecule has 6 nitrogen and oxygen atoms in total. The molecule has 0 saturated carbocycles. The molecule has 1 N–H and O–H groups in total. The van der Waals surface area contributed by atoms with Gasteiger partial charge in [-0.2, -0.15) is 0 Å². The number of nitrogens with zero attached hydrogens (tertiary/aromatic N) is 1. The number of ether oxygens (including phenoxy) is 1. The van der Waals surface area contributed by atoms with E-state index in [1.807, 2.05) is 13.8 Å². The third-order valence-electron chi connectivity index (χ3n) is 2.24. The van der Waals surface area contributed by atoms with Crippen LogP contribution >= 0.6 is 0 Å². The van der Waals surface area contributed by atoms with E-state index < -0.39 is 10.9 Å². The fourth-order valence-corrected chi connectivity index (χ4v) is 1.41. The third kappa shape index (κ3) is 3.81. The van der Waals surface area contributed by atoms with Gasteiger partial charge < -0.3 is 9.84 Å². The van der Waals surface area contributed by atoms with Gasteiger partial charge in [0.05, 0.1) is 17.1 Å². The van der Waals surface area contributed by atoms with E-state index in [2.05, 4.69) is 0 Å². The first-order chi connectivity index (χ1) is 8.41. The summed E-state index contributed by atoms with van der Waals surface area (Å²) in [6.45, 7) is 4.61. The molecule has 0 aliphatic heterocycles. The minimum absolute atomic E-state index is 0.0899. The number of nitro benzene ring substituents is 1. The molecule has 0 aliphatic carbocycles. The highest BCUT2D eigenvalue weighted by Gasteiger charge is 2.15. The number of benzene rings is 1. The Labute approximate surface area is 104 Å². The Morgan fingerprint density at radius 2 is 2.17 bits per heavy atom. The van der Waals surface area contributed by atoms with Gasteiger partial charge in [0.1, 0.15) is 0 Å². The van der Waals surface area contributed by atoms with E-state index in [-0.39, 0.29) is 17.9 Å². The average Bonchev–Trinajstić information content (AvgIpc) is 2.28. The molecule has 0 atom stereocenters. The lowest BCUT2D eigenvalue weighted by atomic mass is 10.1. The smallest absolute Gasteiger partial charge is 0.336 e. The molecule has 0 fully saturated rings. The molecular formula is C12H15NO5. The van der Waals surface area contributed by atoms with Crippen LogP contribution in [0.5, 0.6) is 0 Å². The Morgan fingerprint density at radius 3 is 2.67 bits per heavy atom. The predicted octanol–water partition coefficient (Wildman–Crippen LogP) is 2.47. The summed E-state index contributed by atoms with van der Waals surface area (Å²) in [5.74, 6) is -0.849. The highest BCUT2D eigenvalue weighted by molar-refractivity contribution is 5.90. The van der Waals surface area contributed by atoms with Gasteiger partial charge in [0.25, 0.3) is 5.69 Å².